The van der Waals surface area contributed by atoms with Gasteiger partial charge in [-0.15, -0.1) is 0 Å². The van der Waals surface area contributed by atoms with E-state index in [9.17, 15) is 0 Å². The van der Waals surface area contributed by atoms with Gasteiger partial charge in [0.1, 0.15) is 6.10 Å². The lowest BCUT2D eigenvalue weighted by Crippen LogP contribution is -2.07. The quantitative estimate of drug-likeness (QED) is 0.487. The monoisotopic (exact) mass is 124 g/mol. The molecule has 0 saturated carbocycles. The van der Waals surface area contributed by atoms with Crippen LogP contribution in [0.1, 0.15) is 19.8 Å². The van der Waals surface area contributed by atoms with E-state index in [0.29, 0.717) is 6.10 Å². The highest BCUT2D eigenvalue weighted by molar-refractivity contribution is 4.93. The molecular weight excluding hydrogens is 112 g/mol. The van der Waals surface area contributed by atoms with Crippen LogP contribution in [0.15, 0.2) is 24.5 Å². The Morgan fingerprint density at radius 1 is 1.67 bits per heavy atom. The van der Waals surface area contributed by atoms with Crippen molar-refractivity contribution in [2.75, 3.05) is 0 Å². The maximum atomic E-state index is 5.25. The summed E-state index contributed by atoms with van der Waals surface area (Å²) in [5, 5.41) is 0. The van der Waals surface area contributed by atoms with Crippen LogP contribution in [-0.4, -0.2) is 6.10 Å². The molecule has 0 radical (unpaired) electrons. The lowest BCUT2D eigenvalue weighted by molar-refractivity contribution is 0.165. The third kappa shape index (κ3) is 1.92. The van der Waals surface area contributed by atoms with Crippen molar-refractivity contribution in [3.05, 3.63) is 24.5 Å². The zero-order chi connectivity index (χ0) is 6.53. The van der Waals surface area contributed by atoms with Crippen molar-refractivity contribution in [3.63, 3.8) is 0 Å². The molecule has 0 saturated heterocycles. The minimum Gasteiger partial charge on any atom is -0.494 e. The average molecular weight is 124 g/mol. The van der Waals surface area contributed by atoms with Gasteiger partial charge >= 0.3 is 0 Å². The summed E-state index contributed by atoms with van der Waals surface area (Å²) in [5.41, 5.74) is 0. The molecular formula is C8H12O. The van der Waals surface area contributed by atoms with Crippen molar-refractivity contribution >= 4 is 0 Å². The smallest absolute Gasteiger partial charge is 0.116 e. The van der Waals surface area contributed by atoms with Gasteiger partial charge in [0, 0.05) is 0 Å². The molecule has 1 atom stereocenters. The SMILES string of the molecule is CC=CC1CCC=CO1. The van der Waals surface area contributed by atoms with Crippen LogP contribution >= 0.6 is 0 Å². The molecule has 9 heavy (non-hydrogen) atoms. The first-order valence-electron chi connectivity index (χ1n) is 3.37. The highest BCUT2D eigenvalue weighted by Gasteiger charge is 2.04. The number of ether oxygens (including phenoxy) is 1. The predicted octanol–water partition coefficient (Wildman–Crippen LogP) is 2.26. The number of rotatable bonds is 1. The van der Waals surface area contributed by atoms with E-state index in [1.54, 1.807) is 6.26 Å². The van der Waals surface area contributed by atoms with E-state index in [1.807, 2.05) is 13.0 Å². The minimum absolute atomic E-state index is 0.333. The van der Waals surface area contributed by atoms with Gasteiger partial charge in [0.05, 0.1) is 6.26 Å². The van der Waals surface area contributed by atoms with E-state index in [0.717, 1.165) is 12.8 Å². The first-order chi connectivity index (χ1) is 4.43. The Labute approximate surface area is 56.0 Å². The predicted molar refractivity (Wildman–Crippen MR) is 38.1 cm³/mol. The summed E-state index contributed by atoms with van der Waals surface area (Å²) in [5.74, 6) is 0. The van der Waals surface area contributed by atoms with Crippen LogP contribution < -0.4 is 0 Å². The minimum atomic E-state index is 0.333. The van der Waals surface area contributed by atoms with Gasteiger partial charge in [0.2, 0.25) is 0 Å². The van der Waals surface area contributed by atoms with Gasteiger partial charge < -0.3 is 4.74 Å². The van der Waals surface area contributed by atoms with E-state index in [2.05, 4.69) is 12.2 Å². The van der Waals surface area contributed by atoms with Crippen molar-refractivity contribution in [1.82, 2.24) is 0 Å². The molecule has 0 bridgehead atoms. The molecule has 0 aromatic carbocycles. The molecule has 0 fully saturated rings. The molecule has 1 nitrogen and oxygen atoms in total. The molecule has 0 amide bonds. The molecule has 0 spiro atoms. The largest absolute Gasteiger partial charge is 0.494 e. The van der Waals surface area contributed by atoms with Crippen molar-refractivity contribution in [2.45, 2.75) is 25.9 Å². The Bertz CT molecular complexity index is 125. The van der Waals surface area contributed by atoms with Crippen LogP contribution in [0, 0.1) is 0 Å². The van der Waals surface area contributed by atoms with E-state index in [1.165, 1.54) is 0 Å². The van der Waals surface area contributed by atoms with Gasteiger partial charge in [0.25, 0.3) is 0 Å². The van der Waals surface area contributed by atoms with Crippen LogP contribution in [0.25, 0.3) is 0 Å². The average Bonchev–Trinajstić information content (AvgIpc) is 1.91. The van der Waals surface area contributed by atoms with E-state index in [4.69, 9.17) is 4.74 Å². The molecule has 0 aromatic rings. The summed E-state index contributed by atoms with van der Waals surface area (Å²) in [6, 6.07) is 0. The van der Waals surface area contributed by atoms with Crippen LogP contribution in [0.4, 0.5) is 0 Å². The van der Waals surface area contributed by atoms with Crippen LogP contribution in [0.5, 0.6) is 0 Å². The van der Waals surface area contributed by atoms with Crippen molar-refractivity contribution in [3.8, 4) is 0 Å². The van der Waals surface area contributed by atoms with Crippen molar-refractivity contribution in [2.24, 2.45) is 0 Å². The third-order valence-electron chi connectivity index (χ3n) is 1.37. The van der Waals surface area contributed by atoms with Gasteiger partial charge in [-0.1, -0.05) is 6.08 Å². The Morgan fingerprint density at radius 3 is 3.11 bits per heavy atom. The zero-order valence-corrected chi connectivity index (χ0v) is 5.71. The molecule has 1 unspecified atom stereocenters. The summed E-state index contributed by atoms with van der Waals surface area (Å²) in [4.78, 5) is 0. The highest BCUT2D eigenvalue weighted by Crippen LogP contribution is 2.10. The fourth-order valence-electron chi connectivity index (χ4n) is 0.909. The van der Waals surface area contributed by atoms with Gasteiger partial charge in [-0.3, -0.25) is 0 Å². The molecule has 1 aliphatic heterocycles. The summed E-state index contributed by atoms with van der Waals surface area (Å²) >= 11 is 0. The van der Waals surface area contributed by atoms with E-state index in [-0.39, 0.29) is 0 Å². The van der Waals surface area contributed by atoms with Crippen LogP contribution in [0.3, 0.4) is 0 Å². The Kier molecular flexibility index (Phi) is 2.37. The Hall–Kier alpha value is -0.720. The van der Waals surface area contributed by atoms with Crippen molar-refractivity contribution < 1.29 is 4.74 Å². The molecule has 0 aliphatic carbocycles. The maximum Gasteiger partial charge on any atom is 0.116 e. The second-order valence-corrected chi connectivity index (χ2v) is 2.15. The molecule has 1 aliphatic rings. The first-order valence-corrected chi connectivity index (χ1v) is 3.37. The second-order valence-electron chi connectivity index (χ2n) is 2.15. The third-order valence-corrected chi connectivity index (χ3v) is 1.37. The fraction of sp³-hybridized carbons (Fsp3) is 0.500. The Morgan fingerprint density at radius 2 is 2.56 bits per heavy atom. The van der Waals surface area contributed by atoms with Crippen LogP contribution in [0.2, 0.25) is 0 Å². The summed E-state index contributed by atoms with van der Waals surface area (Å²) in [6.07, 6.45) is 10.6. The topological polar surface area (TPSA) is 9.23 Å². The zero-order valence-electron chi connectivity index (χ0n) is 5.71. The summed E-state index contributed by atoms with van der Waals surface area (Å²) < 4.78 is 5.25. The molecule has 1 rings (SSSR count). The number of allylic oxidation sites excluding steroid dienone is 2. The molecule has 0 aromatic heterocycles. The lowest BCUT2D eigenvalue weighted by atomic mass is 10.1. The van der Waals surface area contributed by atoms with Crippen molar-refractivity contribution in [1.29, 1.82) is 0 Å². The first kappa shape index (κ1) is 6.40. The summed E-state index contributed by atoms with van der Waals surface area (Å²) in [7, 11) is 0. The molecule has 1 heterocycles. The number of hydrogen-bond acceptors (Lipinski definition) is 1. The highest BCUT2D eigenvalue weighted by atomic mass is 16.5. The molecule has 50 valence electrons. The normalized spacial score (nSPS) is 26.6. The fourth-order valence-corrected chi connectivity index (χ4v) is 0.909. The second kappa shape index (κ2) is 3.33. The maximum absolute atomic E-state index is 5.25. The standard InChI is InChI=1S/C8H12O/c1-2-5-8-6-3-4-7-9-8/h2,4-5,7-8H,3,6H2,1H3. The van der Waals surface area contributed by atoms with E-state index < -0.39 is 0 Å². The van der Waals surface area contributed by atoms with Crippen LogP contribution in [-0.2, 0) is 4.74 Å². The lowest BCUT2D eigenvalue weighted by Gasteiger charge is -2.14. The van der Waals surface area contributed by atoms with E-state index >= 15 is 0 Å². The molecule has 0 N–H and O–H groups in total. The van der Waals surface area contributed by atoms with Gasteiger partial charge in [-0.05, 0) is 31.9 Å². The van der Waals surface area contributed by atoms with Gasteiger partial charge in [-0.25, -0.2) is 0 Å². The summed E-state index contributed by atoms with van der Waals surface area (Å²) in [6.45, 7) is 2.02. The number of hydrogen-bond donors (Lipinski definition) is 0. The Balaban J connectivity index is 2.35. The van der Waals surface area contributed by atoms with Gasteiger partial charge in [0.15, 0.2) is 0 Å². The van der Waals surface area contributed by atoms with Gasteiger partial charge in [-0.2, -0.15) is 0 Å². The molecule has 1 heteroatoms.